The molecule has 5 nitrogen and oxygen atoms in total. The zero-order valence-electron chi connectivity index (χ0n) is 12.9. The van der Waals surface area contributed by atoms with Crippen molar-refractivity contribution in [3.8, 4) is 0 Å². The Kier molecular flexibility index (Phi) is 2.75. The number of amides is 2. The van der Waals surface area contributed by atoms with Gasteiger partial charge in [-0.25, -0.2) is 0 Å². The summed E-state index contributed by atoms with van der Waals surface area (Å²) >= 11 is 0. The highest BCUT2D eigenvalue weighted by Crippen LogP contribution is 2.41. The van der Waals surface area contributed by atoms with Crippen molar-refractivity contribution >= 4 is 23.2 Å². The molecule has 1 spiro atoms. The van der Waals surface area contributed by atoms with Crippen molar-refractivity contribution in [1.29, 1.82) is 0 Å². The molecule has 0 fully saturated rings. The first-order valence-corrected chi connectivity index (χ1v) is 7.67. The van der Waals surface area contributed by atoms with Crippen LogP contribution in [0.4, 0.5) is 11.4 Å². The summed E-state index contributed by atoms with van der Waals surface area (Å²) in [6, 6.07) is 13.1. The summed E-state index contributed by atoms with van der Waals surface area (Å²) in [5.41, 5.74) is 2.57. The Balaban J connectivity index is 1.89. The Morgan fingerprint density at radius 2 is 1.74 bits per heavy atom. The molecule has 2 aliphatic heterocycles. The fourth-order valence-electron chi connectivity index (χ4n) is 3.19. The summed E-state index contributed by atoms with van der Waals surface area (Å²) in [6.07, 6.45) is 0. The third kappa shape index (κ3) is 1.86. The van der Waals surface area contributed by atoms with Crippen molar-refractivity contribution in [3.05, 3.63) is 59.2 Å². The van der Waals surface area contributed by atoms with Crippen molar-refractivity contribution < 1.29 is 9.59 Å². The highest BCUT2D eigenvalue weighted by molar-refractivity contribution is 6.14. The Bertz CT molecular complexity index is 844. The van der Waals surface area contributed by atoms with E-state index in [1.165, 1.54) is 0 Å². The summed E-state index contributed by atoms with van der Waals surface area (Å²) < 4.78 is 0. The molecule has 0 unspecified atom stereocenters. The molecule has 2 aromatic rings. The average molecular weight is 307 g/mol. The third-order valence-corrected chi connectivity index (χ3v) is 4.50. The summed E-state index contributed by atoms with van der Waals surface area (Å²) in [6.45, 7) is 4.20. The maximum Gasteiger partial charge on any atom is 0.275 e. The number of hydrogen-bond acceptors (Lipinski definition) is 3. The number of hydrogen-bond donors (Lipinski definition) is 3. The lowest BCUT2D eigenvalue weighted by atomic mass is 9.92. The lowest BCUT2D eigenvalue weighted by Gasteiger charge is -2.35. The quantitative estimate of drug-likeness (QED) is 0.758. The van der Waals surface area contributed by atoms with Crippen molar-refractivity contribution in [2.45, 2.75) is 25.4 Å². The van der Waals surface area contributed by atoms with Crippen LogP contribution in [0.1, 0.15) is 41.3 Å². The van der Waals surface area contributed by atoms with Gasteiger partial charge < -0.3 is 16.0 Å². The largest absolute Gasteiger partial charge is 0.350 e. The van der Waals surface area contributed by atoms with Crippen LogP contribution in [0.15, 0.2) is 42.5 Å². The number of anilines is 2. The Labute approximate surface area is 134 Å². The molecule has 3 N–H and O–H groups in total. The van der Waals surface area contributed by atoms with Gasteiger partial charge in [0.25, 0.3) is 11.8 Å². The van der Waals surface area contributed by atoms with Crippen LogP contribution in [0, 0.1) is 0 Å². The number of carbonyl (C=O) groups is 2. The molecule has 0 bridgehead atoms. The van der Waals surface area contributed by atoms with E-state index in [-0.39, 0.29) is 11.8 Å². The van der Waals surface area contributed by atoms with Gasteiger partial charge in [-0.3, -0.25) is 9.59 Å². The van der Waals surface area contributed by atoms with Gasteiger partial charge in [0.15, 0.2) is 0 Å². The lowest BCUT2D eigenvalue weighted by molar-refractivity contribution is -0.120. The smallest absolute Gasteiger partial charge is 0.275 e. The molecule has 0 saturated heterocycles. The van der Waals surface area contributed by atoms with Gasteiger partial charge in [-0.05, 0) is 35.7 Å². The van der Waals surface area contributed by atoms with Crippen LogP contribution in [-0.2, 0) is 10.5 Å². The molecule has 23 heavy (non-hydrogen) atoms. The third-order valence-electron chi connectivity index (χ3n) is 4.50. The molecule has 0 saturated carbocycles. The van der Waals surface area contributed by atoms with Gasteiger partial charge in [0.2, 0.25) is 5.66 Å². The minimum absolute atomic E-state index is 0.252. The van der Waals surface area contributed by atoms with Gasteiger partial charge in [0, 0.05) is 16.9 Å². The van der Waals surface area contributed by atoms with E-state index in [2.05, 4.69) is 29.8 Å². The van der Waals surface area contributed by atoms with Gasteiger partial charge in [-0.15, -0.1) is 0 Å². The molecule has 2 aliphatic rings. The molecule has 0 aliphatic carbocycles. The summed E-state index contributed by atoms with van der Waals surface area (Å²) in [5, 5.41) is 8.95. The number of fused-ring (bicyclic) bond motifs is 3. The van der Waals surface area contributed by atoms with Gasteiger partial charge >= 0.3 is 0 Å². The second-order valence-electron chi connectivity index (χ2n) is 6.29. The Morgan fingerprint density at radius 3 is 2.52 bits per heavy atom. The first kappa shape index (κ1) is 13.8. The molecule has 2 aromatic carbocycles. The molecule has 5 heteroatoms. The minimum Gasteiger partial charge on any atom is -0.350 e. The van der Waals surface area contributed by atoms with Crippen LogP contribution < -0.4 is 16.0 Å². The molecule has 0 radical (unpaired) electrons. The standard InChI is InChI=1S/C18H17N3O2/c1-10(2)11-7-8-15-13(9-11)18(17(23)19-15)20-14-6-4-3-5-12(14)16(22)21-18/h3-10,20H,1-2H3,(H,19,23)(H,21,22)/t18-/m1/s1. The van der Waals surface area contributed by atoms with E-state index in [0.29, 0.717) is 17.2 Å². The van der Waals surface area contributed by atoms with E-state index < -0.39 is 5.66 Å². The van der Waals surface area contributed by atoms with Crippen molar-refractivity contribution in [2.75, 3.05) is 10.6 Å². The van der Waals surface area contributed by atoms with Gasteiger partial charge in [-0.2, -0.15) is 0 Å². The fourth-order valence-corrected chi connectivity index (χ4v) is 3.19. The number of nitrogens with one attached hydrogen (secondary N) is 3. The molecule has 116 valence electrons. The number of carbonyl (C=O) groups excluding carboxylic acids is 2. The highest BCUT2D eigenvalue weighted by atomic mass is 16.2. The molecule has 0 aromatic heterocycles. The molecule has 4 rings (SSSR count). The van der Waals surface area contributed by atoms with Crippen LogP contribution in [0.3, 0.4) is 0 Å². The first-order chi connectivity index (χ1) is 11.0. The summed E-state index contributed by atoms with van der Waals surface area (Å²) in [7, 11) is 0. The monoisotopic (exact) mass is 307 g/mol. The van der Waals surface area contributed by atoms with Crippen molar-refractivity contribution in [3.63, 3.8) is 0 Å². The van der Waals surface area contributed by atoms with Crippen LogP contribution >= 0.6 is 0 Å². The fraction of sp³-hybridized carbons (Fsp3) is 0.222. The summed E-state index contributed by atoms with van der Waals surface area (Å²) in [4.78, 5) is 25.1. The molecule has 2 heterocycles. The molecular formula is C18H17N3O2. The Hall–Kier alpha value is -2.82. The molecule has 1 atom stereocenters. The van der Waals surface area contributed by atoms with Gasteiger partial charge in [0.1, 0.15) is 0 Å². The summed E-state index contributed by atoms with van der Waals surface area (Å²) in [5.74, 6) is -0.187. The number of rotatable bonds is 1. The topological polar surface area (TPSA) is 70.2 Å². The van der Waals surface area contributed by atoms with Crippen LogP contribution in [0.2, 0.25) is 0 Å². The maximum absolute atomic E-state index is 12.7. The normalized spacial score (nSPS) is 21.5. The van der Waals surface area contributed by atoms with Crippen molar-refractivity contribution in [1.82, 2.24) is 5.32 Å². The van der Waals surface area contributed by atoms with Crippen molar-refractivity contribution in [2.24, 2.45) is 0 Å². The zero-order chi connectivity index (χ0) is 16.2. The van der Waals surface area contributed by atoms with E-state index >= 15 is 0 Å². The first-order valence-electron chi connectivity index (χ1n) is 7.67. The van der Waals surface area contributed by atoms with E-state index in [0.717, 1.165) is 16.8 Å². The lowest BCUT2D eigenvalue weighted by Crippen LogP contribution is -2.59. The second-order valence-corrected chi connectivity index (χ2v) is 6.29. The van der Waals surface area contributed by atoms with Crippen LogP contribution in [0.5, 0.6) is 0 Å². The van der Waals surface area contributed by atoms with E-state index in [4.69, 9.17) is 0 Å². The minimum atomic E-state index is -1.24. The van der Waals surface area contributed by atoms with Gasteiger partial charge in [0.05, 0.1) is 5.56 Å². The number of benzene rings is 2. The predicted octanol–water partition coefficient (Wildman–Crippen LogP) is 2.77. The number of para-hydroxylation sites is 1. The van der Waals surface area contributed by atoms with E-state index in [9.17, 15) is 9.59 Å². The second kappa shape index (κ2) is 4.59. The predicted molar refractivity (Wildman–Crippen MR) is 88.4 cm³/mol. The van der Waals surface area contributed by atoms with Crippen LogP contribution in [0.25, 0.3) is 0 Å². The zero-order valence-corrected chi connectivity index (χ0v) is 12.9. The highest BCUT2D eigenvalue weighted by Gasteiger charge is 2.51. The van der Waals surface area contributed by atoms with E-state index in [1.54, 1.807) is 12.1 Å². The Morgan fingerprint density at radius 1 is 0.957 bits per heavy atom. The van der Waals surface area contributed by atoms with Crippen LogP contribution in [-0.4, -0.2) is 11.8 Å². The maximum atomic E-state index is 12.7. The molecule has 2 amide bonds. The molecular weight excluding hydrogens is 290 g/mol. The van der Waals surface area contributed by atoms with Gasteiger partial charge in [-0.1, -0.05) is 32.0 Å². The average Bonchev–Trinajstić information content (AvgIpc) is 2.79. The van der Waals surface area contributed by atoms with E-state index in [1.807, 2.05) is 30.3 Å². The SMILES string of the molecule is CC(C)c1ccc2c(c1)[C@@]1(NC(=O)c3ccccc3N1)C(=O)N2.